The number of carbonyl (C=O) groups excluding carboxylic acids is 2. The predicted octanol–water partition coefficient (Wildman–Crippen LogP) is 6.14. The smallest absolute Gasteiger partial charge is 0.359 e. The average Bonchev–Trinajstić information content (AvgIpc) is 2.77. The number of nitrogens with zero attached hydrogens (tertiary/aromatic N) is 2. The monoisotopic (exact) mass is 513 g/mol. The van der Waals surface area contributed by atoms with Gasteiger partial charge in [0.25, 0.3) is 11.6 Å². The predicted molar refractivity (Wildman–Crippen MR) is 121 cm³/mol. The quantitative estimate of drug-likeness (QED) is 0.240. The molecule has 3 rings (SSSR count). The van der Waals surface area contributed by atoms with E-state index in [0.29, 0.717) is 5.56 Å². The molecule has 8 nitrogen and oxygen atoms in total. The van der Waals surface area contributed by atoms with Gasteiger partial charge in [-0.1, -0.05) is 76.7 Å². The summed E-state index contributed by atoms with van der Waals surface area (Å²) in [4.78, 5) is 39.9. The number of hydrogen-bond donors (Lipinski definition) is 1. The standard InChI is InChI=1S/C20H11Cl4N3O5/c21-12-7-6-11(8-14(12)27(30)31)26-19(28)18(10-4-2-1-3-5-10)32-20(29)17-16(24)15(23)13(22)9-25-17/h1-9,18H,(H,26,28). The minimum Gasteiger partial charge on any atom is -0.443 e. The summed E-state index contributed by atoms with van der Waals surface area (Å²) in [5, 5.41) is 13.2. The van der Waals surface area contributed by atoms with Crippen molar-refractivity contribution in [3.63, 3.8) is 0 Å². The fourth-order valence-corrected chi connectivity index (χ4v) is 3.33. The lowest BCUT2D eigenvalue weighted by atomic mass is 10.1. The molecule has 0 bridgehead atoms. The van der Waals surface area contributed by atoms with Crippen LogP contribution in [0.1, 0.15) is 22.2 Å². The summed E-state index contributed by atoms with van der Waals surface area (Å²) < 4.78 is 5.37. The van der Waals surface area contributed by atoms with Crippen molar-refractivity contribution >= 4 is 69.7 Å². The molecule has 0 saturated carbocycles. The second-order valence-electron chi connectivity index (χ2n) is 6.19. The van der Waals surface area contributed by atoms with Gasteiger partial charge in [-0.25, -0.2) is 9.78 Å². The van der Waals surface area contributed by atoms with E-state index in [1.54, 1.807) is 30.3 Å². The molecule has 164 valence electrons. The summed E-state index contributed by atoms with van der Waals surface area (Å²) >= 11 is 23.6. The highest BCUT2D eigenvalue weighted by Crippen LogP contribution is 2.33. The van der Waals surface area contributed by atoms with Gasteiger partial charge in [-0.3, -0.25) is 14.9 Å². The van der Waals surface area contributed by atoms with E-state index in [1.807, 2.05) is 0 Å². The van der Waals surface area contributed by atoms with E-state index in [2.05, 4.69) is 10.3 Å². The molecule has 2 aromatic carbocycles. The molecule has 1 aromatic heterocycles. The maximum absolute atomic E-state index is 13.0. The van der Waals surface area contributed by atoms with Crippen LogP contribution < -0.4 is 5.32 Å². The molecule has 0 aliphatic rings. The molecule has 0 aliphatic carbocycles. The molecular weight excluding hydrogens is 504 g/mol. The van der Waals surface area contributed by atoms with Crippen molar-refractivity contribution in [1.29, 1.82) is 0 Å². The third-order valence-corrected chi connectivity index (χ3v) is 5.65. The highest BCUT2D eigenvalue weighted by Gasteiger charge is 2.29. The first-order valence-corrected chi connectivity index (χ1v) is 10.2. The van der Waals surface area contributed by atoms with Crippen molar-refractivity contribution in [3.05, 3.63) is 96.2 Å². The fraction of sp³-hybridized carbons (Fsp3) is 0.0500. The number of nitro groups is 1. The zero-order valence-corrected chi connectivity index (χ0v) is 18.7. The Labute approximate surface area is 201 Å². The van der Waals surface area contributed by atoms with Gasteiger partial charge in [-0.15, -0.1) is 0 Å². The number of nitro benzene ring substituents is 1. The highest BCUT2D eigenvalue weighted by atomic mass is 35.5. The maximum atomic E-state index is 13.0. The van der Waals surface area contributed by atoms with E-state index in [9.17, 15) is 19.7 Å². The number of benzene rings is 2. The van der Waals surface area contributed by atoms with Crippen LogP contribution in [0.4, 0.5) is 11.4 Å². The summed E-state index contributed by atoms with van der Waals surface area (Å²) in [5.74, 6) is -1.81. The van der Waals surface area contributed by atoms with Gasteiger partial charge in [0, 0.05) is 23.5 Å². The van der Waals surface area contributed by atoms with Crippen LogP contribution in [0, 0.1) is 10.1 Å². The number of hydrogen-bond acceptors (Lipinski definition) is 6. The molecule has 0 spiro atoms. The number of amides is 1. The first kappa shape index (κ1) is 23.7. The number of aromatic nitrogens is 1. The van der Waals surface area contributed by atoms with E-state index >= 15 is 0 Å². The number of nitrogens with one attached hydrogen (secondary N) is 1. The van der Waals surface area contributed by atoms with Gasteiger partial charge in [0.2, 0.25) is 6.10 Å². The zero-order valence-electron chi connectivity index (χ0n) is 15.7. The number of pyridine rings is 1. The number of ether oxygens (including phenoxy) is 1. The number of halogens is 4. The van der Waals surface area contributed by atoms with Gasteiger partial charge in [-0.05, 0) is 12.1 Å². The van der Waals surface area contributed by atoms with Crippen LogP contribution in [0.15, 0.2) is 54.7 Å². The Morgan fingerprint density at radius 3 is 2.34 bits per heavy atom. The molecule has 0 radical (unpaired) electrons. The Hall–Kier alpha value is -2.91. The first-order chi connectivity index (χ1) is 15.2. The highest BCUT2D eigenvalue weighted by molar-refractivity contribution is 6.48. The summed E-state index contributed by atoms with van der Waals surface area (Å²) in [6.07, 6.45) is -0.317. The normalized spacial score (nSPS) is 11.5. The van der Waals surface area contributed by atoms with Crippen LogP contribution in [-0.2, 0) is 9.53 Å². The van der Waals surface area contributed by atoms with Crippen LogP contribution in [0.5, 0.6) is 0 Å². The SMILES string of the molecule is O=C(OC(C(=O)Nc1ccc(Cl)c([N+](=O)[O-])c1)c1ccccc1)c1ncc(Cl)c(Cl)c1Cl. The van der Waals surface area contributed by atoms with E-state index in [1.165, 1.54) is 12.1 Å². The van der Waals surface area contributed by atoms with Crippen LogP contribution in [-0.4, -0.2) is 21.8 Å². The van der Waals surface area contributed by atoms with Crippen molar-refractivity contribution in [1.82, 2.24) is 4.98 Å². The van der Waals surface area contributed by atoms with Crippen molar-refractivity contribution in [2.24, 2.45) is 0 Å². The van der Waals surface area contributed by atoms with E-state index in [-0.39, 0.29) is 31.5 Å². The average molecular weight is 515 g/mol. The zero-order chi connectivity index (χ0) is 23.4. The van der Waals surface area contributed by atoms with Crippen LogP contribution in [0.25, 0.3) is 0 Å². The first-order valence-electron chi connectivity index (χ1n) is 8.69. The molecule has 1 unspecified atom stereocenters. The summed E-state index contributed by atoms with van der Waals surface area (Å²) in [6, 6.07) is 11.8. The fourth-order valence-electron chi connectivity index (χ4n) is 2.59. The summed E-state index contributed by atoms with van der Waals surface area (Å²) in [5.41, 5.74) is -0.326. The van der Waals surface area contributed by atoms with E-state index in [0.717, 1.165) is 12.3 Å². The molecule has 0 fully saturated rings. The molecule has 1 heterocycles. The molecule has 32 heavy (non-hydrogen) atoms. The Morgan fingerprint density at radius 1 is 1.00 bits per heavy atom. The summed E-state index contributed by atoms with van der Waals surface area (Å²) in [7, 11) is 0. The van der Waals surface area contributed by atoms with E-state index in [4.69, 9.17) is 51.1 Å². The van der Waals surface area contributed by atoms with Crippen LogP contribution in [0.3, 0.4) is 0 Å². The van der Waals surface area contributed by atoms with Crippen molar-refractivity contribution in [2.45, 2.75) is 6.10 Å². The Bertz CT molecular complexity index is 1210. The molecule has 1 N–H and O–H groups in total. The largest absolute Gasteiger partial charge is 0.443 e. The lowest BCUT2D eigenvalue weighted by Crippen LogP contribution is -2.26. The van der Waals surface area contributed by atoms with Gasteiger partial charge in [0.1, 0.15) is 5.02 Å². The molecular formula is C20H11Cl4N3O5. The number of esters is 1. The van der Waals surface area contributed by atoms with Gasteiger partial charge in [0.15, 0.2) is 5.69 Å². The lowest BCUT2D eigenvalue weighted by molar-refractivity contribution is -0.384. The Balaban J connectivity index is 1.91. The number of rotatable bonds is 6. The van der Waals surface area contributed by atoms with E-state index < -0.39 is 28.6 Å². The molecule has 3 aromatic rings. The number of anilines is 1. The van der Waals surface area contributed by atoms with Crippen LogP contribution in [0.2, 0.25) is 20.1 Å². The minimum absolute atomic E-state index is 0.0369. The third kappa shape index (κ3) is 5.28. The maximum Gasteiger partial charge on any atom is 0.359 e. The van der Waals surface area contributed by atoms with Gasteiger partial charge < -0.3 is 10.1 Å². The lowest BCUT2D eigenvalue weighted by Gasteiger charge is -2.18. The molecule has 12 heteroatoms. The van der Waals surface area contributed by atoms with Gasteiger partial charge >= 0.3 is 5.97 Å². The van der Waals surface area contributed by atoms with Crippen LogP contribution >= 0.6 is 46.4 Å². The van der Waals surface area contributed by atoms with Crippen molar-refractivity contribution in [2.75, 3.05) is 5.32 Å². The summed E-state index contributed by atoms with van der Waals surface area (Å²) in [6.45, 7) is 0. The van der Waals surface area contributed by atoms with Gasteiger partial charge in [0.05, 0.1) is 20.0 Å². The second-order valence-corrected chi connectivity index (χ2v) is 7.76. The molecule has 1 atom stereocenters. The second kappa shape index (κ2) is 10.1. The Kier molecular flexibility index (Phi) is 7.52. The Morgan fingerprint density at radius 2 is 1.69 bits per heavy atom. The van der Waals surface area contributed by atoms with Gasteiger partial charge in [-0.2, -0.15) is 0 Å². The molecule has 1 amide bonds. The molecule has 0 saturated heterocycles. The third-order valence-electron chi connectivity index (χ3n) is 4.09. The number of carbonyl (C=O) groups is 2. The minimum atomic E-state index is -1.44. The van der Waals surface area contributed by atoms with Crippen molar-refractivity contribution < 1.29 is 19.2 Å². The van der Waals surface area contributed by atoms with Crippen molar-refractivity contribution in [3.8, 4) is 0 Å². The molecule has 0 aliphatic heterocycles. The topological polar surface area (TPSA) is 111 Å².